The lowest BCUT2D eigenvalue weighted by Crippen LogP contribution is -2.59. The van der Waals surface area contributed by atoms with Gasteiger partial charge in [0.05, 0.1) is 35.8 Å². The average molecular weight is 481 g/mol. The topological polar surface area (TPSA) is 87.2 Å². The standard InChI is InChI=1S/C25H40N2O5S/c1-8-13-26(15(4)5)22(30)20-25-12-11-24(7,33-25)19(23(31)32-10-3)18(25)21(29)27(20)17(14-28)16(6)9-2/h8,15-20,28H,1,9-14H2,2-7H3/t16-,17-,18-,19+,20?,24-,25?/m0/s1. The highest BCUT2D eigenvalue weighted by atomic mass is 32.2. The molecule has 2 amide bonds. The molecular weight excluding hydrogens is 440 g/mol. The van der Waals surface area contributed by atoms with Crippen molar-refractivity contribution in [1.82, 2.24) is 9.80 Å². The van der Waals surface area contributed by atoms with Crippen LogP contribution in [-0.2, 0) is 19.1 Å². The fraction of sp³-hybridized carbons (Fsp3) is 0.800. The summed E-state index contributed by atoms with van der Waals surface area (Å²) in [6.45, 7) is 16.0. The van der Waals surface area contributed by atoms with Crippen molar-refractivity contribution in [3.8, 4) is 0 Å². The molecule has 3 aliphatic heterocycles. The minimum atomic E-state index is -0.727. The predicted octanol–water partition coefficient (Wildman–Crippen LogP) is 2.86. The first kappa shape index (κ1) is 26.1. The van der Waals surface area contributed by atoms with Crippen molar-refractivity contribution in [2.75, 3.05) is 19.8 Å². The number of fused-ring (bicyclic) bond motifs is 1. The lowest BCUT2D eigenvalue weighted by atomic mass is 9.66. The number of aliphatic hydroxyl groups is 1. The highest BCUT2D eigenvalue weighted by Gasteiger charge is 2.78. The molecule has 0 radical (unpaired) electrons. The molecule has 0 aromatic heterocycles. The maximum atomic E-state index is 14.2. The third kappa shape index (κ3) is 3.91. The SMILES string of the molecule is C=CCN(C(=O)C1N([C@@H](CO)[C@@H](C)CC)C(=O)[C@@H]2[C@H](C(=O)OCC)[C@]3(C)CCC12S3)C(C)C. The third-order valence-electron chi connectivity index (χ3n) is 8.07. The number of aliphatic hydroxyl groups excluding tert-OH is 1. The Morgan fingerprint density at radius 2 is 2.00 bits per heavy atom. The van der Waals surface area contributed by atoms with E-state index in [9.17, 15) is 19.5 Å². The molecular formula is C25H40N2O5S. The van der Waals surface area contributed by atoms with Crippen LogP contribution >= 0.6 is 11.8 Å². The maximum absolute atomic E-state index is 14.2. The van der Waals surface area contributed by atoms with Gasteiger partial charge in [-0.25, -0.2) is 0 Å². The van der Waals surface area contributed by atoms with Crippen LogP contribution in [0.1, 0.15) is 60.8 Å². The molecule has 3 rings (SSSR count). The van der Waals surface area contributed by atoms with Crippen LogP contribution in [0.4, 0.5) is 0 Å². The van der Waals surface area contributed by atoms with Crippen LogP contribution < -0.4 is 0 Å². The molecule has 3 aliphatic rings. The first-order valence-electron chi connectivity index (χ1n) is 12.3. The molecule has 3 fully saturated rings. The number of carbonyl (C=O) groups excluding carboxylic acids is 3. The highest BCUT2D eigenvalue weighted by Crippen LogP contribution is 2.72. The van der Waals surface area contributed by atoms with E-state index in [1.54, 1.807) is 34.6 Å². The number of thioether (sulfide) groups is 1. The number of esters is 1. The van der Waals surface area contributed by atoms with Crippen molar-refractivity contribution in [3.05, 3.63) is 12.7 Å². The van der Waals surface area contributed by atoms with Crippen molar-refractivity contribution in [2.45, 2.75) is 88.4 Å². The Balaban J connectivity index is 2.17. The van der Waals surface area contributed by atoms with Gasteiger partial charge in [-0.15, -0.1) is 18.3 Å². The number of hydrogen-bond acceptors (Lipinski definition) is 6. The van der Waals surface area contributed by atoms with Gasteiger partial charge in [0.25, 0.3) is 0 Å². The van der Waals surface area contributed by atoms with Gasteiger partial charge >= 0.3 is 5.97 Å². The van der Waals surface area contributed by atoms with Gasteiger partial charge in [-0.3, -0.25) is 14.4 Å². The number of hydrogen-bond donors (Lipinski definition) is 1. The van der Waals surface area contributed by atoms with Crippen LogP contribution in [0.3, 0.4) is 0 Å². The second-order valence-electron chi connectivity index (χ2n) is 10.2. The smallest absolute Gasteiger partial charge is 0.311 e. The molecule has 2 unspecified atom stereocenters. The highest BCUT2D eigenvalue weighted by molar-refractivity contribution is 8.02. The second kappa shape index (κ2) is 9.61. The van der Waals surface area contributed by atoms with Crippen molar-refractivity contribution in [3.63, 3.8) is 0 Å². The molecule has 33 heavy (non-hydrogen) atoms. The van der Waals surface area contributed by atoms with Crippen molar-refractivity contribution >= 4 is 29.5 Å². The summed E-state index contributed by atoms with van der Waals surface area (Å²) < 4.78 is 4.29. The van der Waals surface area contributed by atoms with Gasteiger partial charge in [0.15, 0.2) is 0 Å². The van der Waals surface area contributed by atoms with E-state index in [1.165, 1.54) is 0 Å². The fourth-order valence-electron chi connectivity index (χ4n) is 6.26. The first-order valence-corrected chi connectivity index (χ1v) is 13.1. The Morgan fingerprint density at radius 3 is 2.52 bits per heavy atom. The van der Waals surface area contributed by atoms with Gasteiger partial charge in [-0.1, -0.05) is 26.3 Å². The van der Waals surface area contributed by atoms with Crippen LogP contribution in [0.25, 0.3) is 0 Å². The Bertz CT molecular complexity index is 804. The number of rotatable bonds is 10. The Morgan fingerprint density at radius 1 is 1.33 bits per heavy atom. The van der Waals surface area contributed by atoms with Crippen molar-refractivity contribution < 1.29 is 24.2 Å². The zero-order chi connectivity index (χ0) is 24.7. The third-order valence-corrected chi connectivity index (χ3v) is 10.1. The van der Waals surface area contributed by atoms with E-state index in [0.717, 1.165) is 12.8 Å². The lowest BCUT2D eigenvalue weighted by molar-refractivity contribution is -0.156. The van der Waals surface area contributed by atoms with Crippen molar-refractivity contribution in [2.24, 2.45) is 17.8 Å². The summed E-state index contributed by atoms with van der Waals surface area (Å²) >= 11 is 1.63. The first-order chi connectivity index (χ1) is 15.5. The number of ether oxygens (including phenoxy) is 1. The van der Waals surface area contributed by atoms with E-state index in [0.29, 0.717) is 13.0 Å². The molecule has 1 spiro atoms. The molecule has 0 saturated carbocycles. The van der Waals surface area contributed by atoms with Gasteiger partial charge in [0, 0.05) is 17.3 Å². The largest absolute Gasteiger partial charge is 0.466 e. The number of nitrogens with zero attached hydrogens (tertiary/aromatic N) is 2. The maximum Gasteiger partial charge on any atom is 0.311 e. The summed E-state index contributed by atoms with van der Waals surface area (Å²) in [4.78, 5) is 44.8. The molecule has 2 bridgehead atoms. The van der Waals surface area contributed by atoms with E-state index in [4.69, 9.17) is 4.74 Å². The van der Waals surface area contributed by atoms with Gasteiger partial charge < -0.3 is 19.6 Å². The van der Waals surface area contributed by atoms with Crippen LogP contribution in [0, 0.1) is 17.8 Å². The minimum Gasteiger partial charge on any atom is -0.466 e. The average Bonchev–Trinajstić information content (AvgIpc) is 3.33. The zero-order valence-corrected chi connectivity index (χ0v) is 21.7. The Labute approximate surface area is 202 Å². The molecule has 7 nitrogen and oxygen atoms in total. The number of amides is 2. The molecule has 0 aromatic carbocycles. The molecule has 186 valence electrons. The van der Waals surface area contributed by atoms with Crippen molar-refractivity contribution in [1.29, 1.82) is 0 Å². The van der Waals surface area contributed by atoms with Crippen LogP contribution in [-0.4, -0.2) is 80.1 Å². The zero-order valence-electron chi connectivity index (χ0n) is 20.9. The monoisotopic (exact) mass is 480 g/mol. The summed E-state index contributed by atoms with van der Waals surface area (Å²) in [7, 11) is 0. The van der Waals surface area contributed by atoms with Gasteiger partial charge in [-0.2, -0.15) is 0 Å². The lowest BCUT2D eigenvalue weighted by Gasteiger charge is -2.42. The molecule has 7 atom stereocenters. The molecule has 3 saturated heterocycles. The van der Waals surface area contributed by atoms with Crippen LogP contribution in [0.2, 0.25) is 0 Å². The minimum absolute atomic E-state index is 0.00945. The quantitative estimate of drug-likeness (QED) is 0.382. The molecule has 1 N–H and O–H groups in total. The Hall–Kier alpha value is -1.54. The molecule has 3 heterocycles. The van der Waals surface area contributed by atoms with E-state index in [-0.39, 0.29) is 43.0 Å². The predicted molar refractivity (Wildman–Crippen MR) is 130 cm³/mol. The molecule has 8 heteroatoms. The Kier molecular flexibility index (Phi) is 7.59. The fourth-order valence-corrected chi connectivity index (χ4v) is 8.58. The van der Waals surface area contributed by atoms with Crippen LogP contribution in [0.5, 0.6) is 0 Å². The number of likely N-dealkylation sites (tertiary alicyclic amines) is 1. The van der Waals surface area contributed by atoms with E-state index in [2.05, 4.69) is 6.58 Å². The van der Waals surface area contributed by atoms with Gasteiger partial charge in [-0.05, 0) is 46.5 Å². The summed E-state index contributed by atoms with van der Waals surface area (Å²) in [5.41, 5.74) is 0. The van der Waals surface area contributed by atoms with Gasteiger partial charge in [0.2, 0.25) is 11.8 Å². The molecule has 0 aromatic rings. The normalized spacial score (nSPS) is 34.4. The summed E-state index contributed by atoms with van der Waals surface area (Å²) in [6.07, 6.45) is 3.90. The summed E-state index contributed by atoms with van der Waals surface area (Å²) in [5.74, 6) is -1.86. The van der Waals surface area contributed by atoms with E-state index < -0.39 is 33.4 Å². The molecule has 0 aliphatic carbocycles. The summed E-state index contributed by atoms with van der Waals surface area (Å²) in [6, 6.07) is -1.28. The van der Waals surface area contributed by atoms with Crippen LogP contribution in [0.15, 0.2) is 12.7 Å². The second-order valence-corrected chi connectivity index (χ2v) is 12.1. The van der Waals surface area contributed by atoms with E-state index in [1.807, 2.05) is 34.6 Å². The van der Waals surface area contributed by atoms with Gasteiger partial charge in [0.1, 0.15) is 6.04 Å². The number of carbonyl (C=O) groups is 3. The summed E-state index contributed by atoms with van der Waals surface area (Å²) in [5, 5.41) is 10.4. The van der Waals surface area contributed by atoms with E-state index >= 15 is 0 Å².